The summed E-state index contributed by atoms with van der Waals surface area (Å²) in [5.41, 5.74) is -0.456. The third-order valence-electron chi connectivity index (χ3n) is 6.58. The fourth-order valence-corrected chi connectivity index (χ4v) is 5.15. The second-order valence-electron chi connectivity index (χ2n) is 8.92. The fourth-order valence-electron chi connectivity index (χ4n) is 5.04. The summed E-state index contributed by atoms with van der Waals surface area (Å²) >= 11 is 5.61. The Balaban J connectivity index is 1.24. The van der Waals surface area contributed by atoms with Crippen LogP contribution in [0.15, 0.2) is 18.2 Å². The predicted molar refractivity (Wildman–Crippen MR) is 108 cm³/mol. The lowest BCUT2D eigenvalue weighted by molar-refractivity contribution is -0.164. The zero-order valence-corrected chi connectivity index (χ0v) is 17.9. The smallest absolute Gasteiger partial charge is 0.403 e. The summed E-state index contributed by atoms with van der Waals surface area (Å²) in [6, 6.07) is 1.16. The average Bonchev–Trinajstić information content (AvgIpc) is 3.21. The molecule has 0 aromatic heterocycles. The highest BCUT2D eigenvalue weighted by Gasteiger charge is 2.57. The van der Waals surface area contributed by atoms with E-state index in [4.69, 9.17) is 16.3 Å². The number of benzene rings is 1. The van der Waals surface area contributed by atoms with Gasteiger partial charge in [0.05, 0.1) is 11.1 Å². The number of hydrogen-bond acceptors (Lipinski definition) is 4. The number of alkyl halides is 3. The Kier molecular flexibility index (Phi) is 6.28. The molecular formula is C21H24ClF4N3O3. The first-order valence-corrected chi connectivity index (χ1v) is 10.9. The number of rotatable bonds is 6. The molecule has 1 heterocycles. The summed E-state index contributed by atoms with van der Waals surface area (Å²) < 4.78 is 57.6. The Morgan fingerprint density at radius 3 is 2.66 bits per heavy atom. The Morgan fingerprint density at radius 1 is 1.22 bits per heavy atom. The first kappa shape index (κ1) is 23.1. The van der Waals surface area contributed by atoms with E-state index in [1.807, 2.05) is 0 Å². The Bertz CT molecular complexity index is 892. The number of halogens is 5. The number of piperidine rings is 1. The summed E-state index contributed by atoms with van der Waals surface area (Å²) in [5, 5.41) is 8.18. The lowest BCUT2D eigenvalue weighted by Gasteiger charge is -2.39. The zero-order chi connectivity index (χ0) is 23.1. The standard InChI is InChI=1S/C21H24ClF4N3O3/c22-13-5-4-12(6-14(13)23)32-10-18(30)29-20-7-11(8-20)16(9-20)28-19(31)15-2-1-3-17(27-15)21(24,25)26/h4-6,11,15-17,27H,1-3,7-10H2,(H,28,31)(H,29,30). The first-order chi connectivity index (χ1) is 15.0. The average molecular weight is 478 g/mol. The number of ether oxygens (including phenoxy) is 1. The molecule has 2 bridgehead atoms. The largest absolute Gasteiger partial charge is 0.484 e. The van der Waals surface area contributed by atoms with Gasteiger partial charge in [-0.2, -0.15) is 13.2 Å². The molecule has 6 nitrogen and oxygen atoms in total. The van der Waals surface area contributed by atoms with Crippen molar-refractivity contribution in [3.05, 3.63) is 29.0 Å². The van der Waals surface area contributed by atoms with E-state index in [9.17, 15) is 27.2 Å². The van der Waals surface area contributed by atoms with Crippen LogP contribution in [0.1, 0.15) is 38.5 Å². The monoisotopic (exact) mass is 477 g/mol. The van der Waals surface area contributed by atoms with Crippen LogP contribution in [0.2, 0.25) is 5.02 Å². The van der Waals surface area contributed by atoms with Crippen LogP contribution >= 0.6 is 11.6 Å². The van der Waals surface area contributed by atoms with Crippen molar-refractivity contribution in [3.63, 3.8) is 0 Å². The van der Waals surface area contributed by atoms with Crippen molar-refractivity contribution in [1.29, 1.82) is 0 Å². The molecule has 1 aromatic rings. The summed E-state index contributed by atoms with van der Waals surface area (Å²) in [6.45, 7) is -0.296. The normalized spacial score (nSPS) is 31.5. The van der Waals surface area contributed by atoms with Crippen LogP contribution < -0.4 is 20.7 Å². The van der Waals surface area contributed by atoms with Crippen LogP contribution in [0.4, 0.5) is 17.6 Å². The van der Waals surface area contributed by atoms with Crippen molar-refractivity contribution >= 4 is 23.4 Å². The fraction of sp³-hybridized carbons (Fsp3) is 0.619. The van der Waals surface area contributed by atoms with E-state index in [0.717, 1.165) is 6.07 Å². The maximum absolute atomic E-state index is 13.5. The second-order valence-corrected chi connectivity index (χ2v) is 9.33. The van der Waals surface area contributed by atoms with Crippen LogP contribution in [0.5, 0.6) is 5.75 Å². The molecule has 2 amide bonds. The lowest BCUT2D eigenvalue weighted by atomic mass is 9.76. The van der Waals surface area contributed by atoms with Crippen LogP contribution in [-0.4, -0.2) is 48.3 Å². The van der Waals surface area contributed by atoms with Crippen LogP contribution in [0.3, 0.4) is 0 Å². The third kappa shape index (κ3) is 4.96. The summed E-state index contributed by atoms with van der Waals surface area (Å²) in [7, 11) is 0. The van der Waals surface area contributed by atoms with Crippen molar-refractivity contribution in [2.45, 2.75) is 68.4 Å². The molecule has 5 rings (SSSR count). The zero-order valence-electron chi connectivity index (χ0n) is 17.1. The van der Waals surface area contributed by atoms with Gasteiger partial charge in [0.15, 0.2) is 6.61 Å². The Morgan fingerprint density at radius 2 is 1.97 bits per heavy atom. The number of nitrogens with one attached hydrogen (secondary N) is 3. The van der Waals surface area contributed by atoms with Crippen molar-refractivity contribution in [2.24, 2.45) is 5.92 Å². The maximum atomic E-state index is 13.5. The summed E-state index contributed by atoms with van der Waals surface area (Å²) in [6.07, 6.45) is -1.83. The minimum absolute atomic E-state index is 0.0286. The molecule has 0 radical (unpaired) electrons. The molecule has 176 valence electrons. The minimum Gasteiger partial charge on any atom is -0.484 e. The molecule has 3 saturated carbocycles. The molecule has 0 spiro atoms. The first-order valence-electron chi connectivity index (χ1n) is 10.6. The molecule has 4 aliphatic rings. The van der Waals surface area contributed by atoms with Gasteiger partial charge in [-0.25, -0.2) is 4.39 Å². The molecule has 1 aromatic carbocycles. The quantitative estimate of drug-likeness (QED) is 0.550. The van der Waals surface area contributed by atoms with Gasteiger partial charge < -0.3 is 15.4 Å². The van der Waals surface area contributed by atoms with Gasteiger partial charge in [-0.3, -0.25) is 14.9 Å². The van der Waals surface area contributed by atoms with E-state index < -0.39 is 35.5 Å². The molecule has 11 heteroatoms. The number of amides is 2. The molecule has 32 heavy (non-hydrogen) atoms. The highest BCUT2D eigenvalue weighted by Crippen LogP contribution is 2.52. The second kappa shape index (κ2) is 8.70. The van der Waals surface area contributed by atoms with Gasteiger partial charge in [0.1, 0.15) is 17.6 Å². The number of carbonyl (C=O) groups is 2. The van der Waals surface area contributed by atoms with Crippen molar-refractivity contribution < 1.29 is 31.9 Å². The molecule has 3 atom stereocenters. The van der Waals surface area contributed by atoms with Crippen molar-refractivity contribution in [1.82, 2.24) is 16.0 Å². The molecule has 1 saturated heterocycles. The third-order valence-corrected chi connectivity index (χ3v) is 6.88. The highest BCUT2D eigenvalue weighted by atomic mass is 35.5. The van der Waals surface area contributed by atoms with Crippen molar-refractivity contribution in [3.8, 4) is 5.75 Å². The molecular weight excluding hydrogens is 454 g/mol. The molecule has 3 N–H and O–H groups in total. The van der Waals surface area contributed by atoms with E-state index in [0.29, 0.717) is 32.1 Å². The summed E-state index contributed by atoms with van der Waals surface area (Å²) in [5.74, 6) is -1.08. The minimum atomic E-state index is -4.37. The van der Waals surface area contributed by atoms with E-state index in [1.165, 1.54) is 12.1 Å². The van der Waals surface area contributed by atoms with E-state index in [-0.39, 0.29) is 41.7 Å². The maximum Gasteiger partial charge on any atom is 0.403 e. The molecule has 3 aliphatic carbocycles. The molecule has 4 fully saturated rings. The number of fused-ring (bicyclic) bond motifs is 1. The van der Waals surface area contributed by atoms with Gasteiger partial charge in [-0.05, 0) is 56.6 Å². The van der Waals surface area contributed by atoms with Gasteiger partial charge in [0, 0.05) is 17.6 Å². The van der Waals surface area contributed by atoms with Crippen LogP contribution in [0.25, 0.3) is 0 Å². The van der Waals surface area contributed by atoms with Gasteiger partial charge >= 0.3 is 6.18 Å². The van der Waals surface area contributed by atoms with Gasteiger partial charge in [0.2, 0.25) is 5.91 Å². The van der Waals surface area contributed by atoms with E-state index >= 15 is 0 Å². The molecule has 3 unspecified atom stereocenters. The topological polar surface area (TPSA) is 79.5 Å². The number of hydrogen-bond donors (Lipinski definition) is 3. The van der Waals surface area contributed by atoms with Crippen LogP contribution in [-0.2, 0) is 9.59 Å². The lowest BCUT2D eigenvalue weighted by Crippen LogP contribution is -2.57. The van der Waals surface area contributed by atoms with Gasteiger partial charge in [-0.1, -0.05) is 11.6 Å². The molecule has 1 aliphatic heterocycles. The highest BCUT2D eigenvalue weighted by molar-refractivity contribution is 6.30. The van der Waals surface area contributed by atoms with Gasteiger partial charge in [0.25, 0.3) is 5.91 Å². The van der Waals surface area contributed by atoms with Gasteiger partial charge in [-0.15, -0.1) is 0 Å². The van der Waals surface area contributed by atoms with Crippen LogP contribution in [0, 0.1) is 11.7 Å². The van der Waals surface area contributed by atoms with E-state index in [1.54, 1.807) is 0 Å². The Hall–Kier alpha value is -2.07. The summed E-state index contributed by atoms with van der Waals surface area (Å²) in [4.78, 5) is 24.8. The predicted octanol–water partition coefficient (Wildman–Crippen LogP) is 3.08. The van der Waals surface area contributed by atoms with E-state index in [2.05, 4.69) is 16.0 Å². The van der Waals surface area contributed by atoms with Crippen molar-refractivity contribution in [2.75, 3.05) is 6.61 Å². The Labute approximate surface area is 187 Å². The number of carbonyl (C=O) groups excluding carboxylic acids is 2. The SMILES string of the molecule is O=C(COc1ccc(Cl)c(F)c1)NC12CC(C1)C(NC(=O)C1CCCC(C(F)(F)F)N1)C2.